The zero-order valence-corrected chi connectivity index (χ0v) is 14.7. The monoisotopic (exact) mass is 380 g/mol. The van der Waals surface area contributed by atoms with E-state index >= 15 is 0 Å². The van der Waals surface area contributed by atoms with Crippen LogP contribution in [0.2, 0.25) is 0 Å². The lowest BCUT2D eigenvalue weighted by atomic mass is 10.1. The van der Waals surface area contributed by atoms with Gasteiger partial charge in [0.05, 0.1) is 17.4 Å². The summed E-state index contributed by atoms with van der Waals surface area (Å²) in [5.41, 5.74) is 2.87. The van der Waals surface area contributed by atoms with E-state index in [9.17, 15) is 4.79 Å². The molecule has 1 aliphatic rings. The van der Waals surface area contributed by atoms with Gasteiger partial charge in [0.25, 0.3) is 5.91 Å². The van der Waals surface area contributed by atoms with Crippen LogP contribution in [-0.4, -0.2) is 33.0 Å². The van der Waals surface area contributed by atoms with Crippen LogP contribution in [0.3, 0.4) is 0 Å². The topological polar surface area (TPSA) is 99.4 Å². The molecule has 9 heteroatoms. The second kappa shape index (κ2) is 6.36. The van der Waals surface area contributed by atoms with Crippen molar-refractivity contribution in [2.24, 2.45) is 0 Å². The number of nitrogens with one attached hydrogen (secondary N) is 1. The van der Waals surface area contributed by atoms with Gasteiger partial charge in [-0.15, -0.1) is 0 Å². The van der Waals surface area contributed by atoms with Crippen LogP contribution in [0.25, 0.3) is 22.4 Å². The van der Waals surface area contributed by atoms with E-state index in [1.807, 2.05) is 24.3 Å². The van der Waals surface area contributed by atoms with E-state index in [1.165, 1.54) is 0 Å². The van der Waals surface area contributed by atoms with Crippen molar-refractivity contribution in [3.05, 3.63) is 48.2 Å². The number of fused-ring (bicyclic) bond motifs is 2. The predicted octanol–water partition coefficient (Wildman–Crippen LogP) is 3.37. The highest BCUT2D eigenvalue weighted by molar-refractivity contribution is 7.00. The Morgan fingerprint density at radius 1 is 1.04 bits per heavy atom. The molecule has 0 saturated carbocycles. The summed E-state index contributed by atoms with van der Waals surface area (Å²) in [4.78, 5) is 12.5. The van der Waals surface area contributed by atoms with Gasteiger partial charge in [0.2, 0.25) is 0 Å². The quantitative estimate of drug-likeness (QED) is 0.582. The molecule has 0 bridgehead atoms. The smallest absolute Gasteiger partial charge is 0.277 e. The number of hydrogen-bond donors (Lipinski definition) is 1. The zero-order valence-electron chi connectivity index (χ0n) is 13.8. The first kappa shape index (κ1) is 15.8. The summed E-state index contributed by atoms with van der Waals surface area (Å²) in [5.74, 6) is 1.41. The Balaban J connectivity index is 1.40. The van der Waals surface area contributed by atoms with Gasteiger partial charge in [0, 0.05) is 11.6 Å². The Bertz CT molecular complexity index is 1150. The molecule has 2 aromatic heterocycles. The molecule has 0 unspecified atom stereocenters. The maximum Gasteiger partial charge on any atom is 0.277 e. The van der Waals surface area contributed by atoms with Crippen molar-refractivity contribution in [3.63, 3.8) is 0 Å². The molecule has 27 heavy (non-hydrogen) atoms. The minimum Gasteiger partial charge on any atom is -0.486 e. The molecule has 4 aromatic rings. The molecule has 2 aromatic carbocycles. The Morgan fingerprint density at radius 3 is 2.85 bits per heavy atom. The van der Waals surface area contributed by atoms with Crippen molar-refractivity contribution in [1.29, 1.82) is 0 Å². The van der Waals surface area contributed by atoms with Crippen LogP contribution >= 0.6 is 11.7 Å². The van der Waals surface area contributed by atoms with E-state index < -0.39 is 0 Å². The Kier molecular flexibility index (Phi) is 3.72. The van der Waals surface area contributed by atoms with Crippen LogP contribution in [0.1, 0.15) is 10.5 Å². The summed E-state index contributed by atoms with van der Waals surface area (Å²) in [6.45, 7) is 1.03. The van der Waals surface area contributed by atoms with Crippen LogP contribution in [0.5, 0.6) is 11.5 Å². The van der Waals surface area contributed by atoms with Gasteiger partial charge in [0.15, 0.2) is 23.0 Å². The van der Waals surface area contributed by atoms with Crippen molar-refractivity contribution in [3.8, 4) is 22.8 Å². The van der Waals surface area contributed by atoms with Crippen molar-refractivity contribution < 1.29 is 18.8 Å². The molecule has 1 N–H and O–H groups in total. The molecule has 0 atom stereocenters. The van der Waals surface area contributed by atoms with Gasteiger partial charge < -0.3 is 19.3 Å². The third kappa shape index (κ3) is 2.87. The largest absolute Gasteiger partial charge is 0.486 e. The maximum atomic E-state index is 12.5. The molecule has 0 fully saturated rings. The third-order valence-electron chi connectivity index (χ3n) is 4.10. The molecule has 0 aliphatic carbocycles. The lowest BCUT2D eigenvalue weighted by Crippen LogP contribution is -2.15. The van der Waals surface area contributed by atoms with Crippen molar-refractivity contribution in [1.82, 2.24) is 13.9 Å². The normalized spacial score (nSPS) is 12.9. The second-order valence-corrected chi connectivity index (χ2v) is 6.35. The molecule has 1 aliphatic heterocycles. The van der Waals surface area contributed by atoms with Crippen molar-refractivity contribution >= 4 is 34.4 Å². The molecule has 134 valence electrons. The number of carbonyl (C=O) groups is 1. The third-order valence-corrected chi connectivity index (χ3v) is 4.65. The summed E-state index contributed by atoms with van der Waals surface area (Å²) in [5, 5.41) is 6.68. The minimum atomic E-state index is -0.386. The highest BCUT2D eigenvalue weighted by atomic mass is 32.1. The fourth-order valence-electron chi connectivity index (χ4n) is 2.81. The second-order valence-electron chi connectivity index (χ2n) is 5.83. The first-order valence-electron chi connectivity index (χ1n) is 8.17. The number of nitrogens with zero attached hydrogens (tertiary/aromatic N) is 3. The van der Waals surface area contributed by atoms with Gasteiger partial charge in [-0.3, -0.25) is 4.79 Å². The summed E-state index contributed by atoms with van der Waals surface area (Å²) >= 11 is 1.09. The molecule has 1 amide bonds. The van der Waals surface area contributed by atoms with Crippen LogP contribution < -0.4 is 14.8 Å². The standard InChI is InChI=1S/C18H12N4O4S/c23-18(19-11-2-1-3-12-17(11)22-27-21-12)13-9-15(26-20-13)10-4-5-14-16(8-10)25-7-6-24-14/h1-5,8-9H,6-7H2,(H,19,23). The molecule has 3 heterocycles. The number of carbonyl (C=O) groups excluding carboxylic acids is 1. The fourth-order valence-corrected chi connectivity index (χ4v) is 3.36. The average molecular weight is 380 g/mol. The van der Waals surface area contributed by atoms with Crippen LogP contribution in [0, 0.1) is 0 Å². The number of rotatable bonds is 3. The molecular formula is C18H12N4O4S. The van der Waals surface area contributed by atoms with E-state index in [1.54, 1.807) is 18.2 Å². The first-order chi connectivity index (χ1) is 13.3. The summed E-state index contributed by atoms with van der Waals surface area (Å²) in [6, 6.07) is 12.4. The highest BCUT2D eigenvalue weighted by Gasteiger charge is 2.18. The fraction of sp³-hybridized carbons (Fsp3) is 0.111. The Morgan fingerprint density at radius 2 is 1.93 bits per heavy atom. The maximum absolute atomic E-state index is 12.5. The van der Waals surface area contributed by atoms with E-state index in [4.69, 9.17) is 14.0 Å². The summed E-state index contributed by atoms with van der Waals surface area (Å²) in [7, 11) is 0. The number of ether oxygens (including phenoxy) is 2. The molecule has 0 saturated heterocycles. The van der Waals surface area contributed by atoms with E-state index in [-0.39, 0.29) is 11.6 Å². The van der Waals surface area contributed by atoms with Gasteiger partial charge in [-0.25, -0.2) is 0 Å². The van der Waals surface area contributed by atoms with E-state index in [2.05, 4.69) is 19.2 Å². The van der Waals surface area contributed by atoms with E-state index in [0.717, 1.165) is 22.8 Å². The molecule has 8 nitrogen and oxygen atoms in total. The van der Waals surface area contributed by atoms with Gasteiger partial charge in [-0.2, -0.15) is 8.75 Å². The number of amides is 1. The Labute approximate surface area is 157 Å². The van der Waals surface area contributed by atoms with Gasteiger partial charge in [-0.05, 0) is 30.3 Å². The average Bonchev–Trinajstić information content (AvgIpc) is 3.38. The summed E-state index contributed by atoms with van der Waals surface area (Å²) in [6.07, 6.45) is 0. The van der Waals surface area contributed by atoms with Gasteiger partial charge >= 0.3 is 0 Å². The van der Waals surface area contributed by atoms with Crippen molar-refractivity contribution in [2.75, 3.05) is 18.5 Å². The lowest BCUT2D eigenvalue weighted by Gasteiger charge is -2.18. The number of hydrogen-bond acceptors (Lipinski definition) is 8. The SMILES string of the molecule is O=C(Nc1cccc2nsnc12)c1cc(-c2ccc3c(c2)OCCO3)on1. The van der Waals surface area contributed by atoms with Gasteiger partial charge in [-0.1, -0.05) is 11.2 Å². The summed E-state index contributed by atoms with van der Waals surface area (Å²) < 4.78 is 24.8. The molecule has 5 rings (SSSR count). The highest BCUT2D eigenvalue weighted by Crippen LogP contribution is 2.34. The first-order valence-corrected chi connectivity index (χ1v) is 8.90. The molecule has 0 spiro atoms. The molecule has 0 radical (unpaired) electrons. The number of benzene rings is 2. The number of aromatic nitrogens is 3. The van der Waals surface area contributed by atoms with Crippen LogP contribution in [-0.2, 0) is 0 Å². The van der Waals surface area contributed by atoms with Gasteiger partial charge in [0.1, 0.15) is 24.2 Å². The zero-order chi connectivity index (χ0) is 18.2. The van der Waals surface area contributed by atoms with Crippen LogP contribution in [0.15, 0.2) is 47.0 Å². The predicted molar refractivity (Wildman–Crippen MR) is 98.3 cm³/mol. The Hall–Kier alpha value is -3.46. The number of anilines is 1. The van der Waals surface area contributed by atoms with E-state index in [0.29, 0.717) is 41.7 Å². The van der Waals surface area contributed by atoms with Crippen molar-refractivity contribution in [2.45, 2.75) is 0 Å². The lowest BCUT2D eigenvalue weighted by molar-refractivity contribution is 0.101. The van der Waals surface area contributed by atoms with Crippen LogP contribution in [0.4, 0.5) is 5.69 Å². The molecular weight excluding hydrogens is 368 g/mol. The minimum absolute atomic E-state index is 0.167.